The highest BCUT2D eigenvalue weighted by atomic mass is 16.5. The van der Waals surface area contributed by atoms with Crippen molar-refractivity contribution in [2.24, 2.45) is 0 Å². The van der Waals surface area contributed by atoms with E-state index in [2.05, 4.69) is 19.2 Å². The minimum absolute atomic E-state index is 0.0496. The summed E-state index contributed by atoms with van der Waals surface area (Å²) in [4.78, 5) is 49.5. The van der Waals surface area contributed by atoms with Gasteiger partial charge in [-0.2, -0.15) is 0 Å². The Balaban J connectivity index is 1.70. The molecule has 1 heterocycles. The molecular weight excluding hydrogens is 428 g/mol. The first kappa shape index (κ1) is 26.2. The molecule has 2 atom stereocenters. The van der Waals surface area contributed by atoms with Crippen molar-refractivity contribution in [1.82, 2.24) is 10.2 Å². The molecule has 1 aromatic carbocycles. The third-order valence-corrected chi connectivity index (χ3v) is 5.45. The Morgan fingerprint density at radius 2 is 1.67 bits per heavy atom. The van der Waals surface area contributed by atoms with Crippen LogP contribution in [0.2, 0.25) is 0 Å². The van der Waals surface area contributed by atoms with Gasteiger partial charge in [0.25, 0.3) is 11.8 Å². The van der Waals surface area contributed by atoms with E-state index >= 15 is 0 Å². The number of amides is 2. The zero-order valence-corrected chi connectivity index (χ0v) is 19.6. The summed E-state index contributed by atoms with van der Waals surface area (Å²) in [5.41, 5.74) is 0.266. The fourth-order valence-electron chi connectivity index (χ4n) is 3.78. The summed E-state index contributed by atoms with van der Waals surface area (Å²) in [5.74, 6) is -0.990. The number of carbonyl (C=O) groups excluding carboxylic acids is 4. The summed E-state index contributed by atoms with van der Waals surface area (Å²) in [5, 5.41) is 2.58. The molecule has 0 spiro atoms. The quantitative estimate of drug-likeness (QED) is 0.397. The maximum Gasteiger partial charge on any atom is 0.338 e. The maximum atomic E-state index is 12.5. The molecule has 9 nitrogen and oxygen atoms in total. The highest BCUT2D eigenvalue weighted by Crippen LogP contribution is 2.23. The predicted molar refractivity (Wildman–Crippen MR) is 121 cm³/mol. The van der Waals surface area contributed by atoms with Gasteiger partial charge in [0.2, 0.25) is 0 Å². The van der Waals surface area contributed by atoms with Crippen LogP contribution in [0.15, 0.2) is 24.3 Å². The largest absolute Gasteiger partial charge is 0.484 e. The number of nitrogens with zero attached hydrogens (tertiary/aromatic N) is 1. The lowest BCUT2D eigenvalue weighted by Gasteiger charge is -2.38. The van der Waals surface area contributed by atoms with Crippen molar-refractivity contribution in [3.8, 4) is 5.75 Å². The molecule has 2 amide bonds. The summed E-state index contributed by atoms with van der Waals surface area (Å²) >= 11 is 0. The van der Waals surface area contributed by atoms with E-state index < -0.39 is 18.5 Å². The number of piperidine rings is 1. The number of nitrogens with one attached hydrogen (secondary N) is 1. The number of rotatable bonds is 11. The van der Waals surface area contributed by atoms with Gasteiger partial charge < -0.3 is 24.4 Å². The fourth-order valence-corrected chi connectivity index (χ4v) is 3.78. The first-order chi connectivity index (χ1) is 15.8. The van der Waals surface area contributed by atoms with Crippen LogP contribution in [-0.2, 0) is 23.9 Å². The van der Waals surface area contributed by atoms with Gasteiger partial charge in [0, 0.05) is 25.0 Å². The zero-order chi connectivity index (χ0) is 24.2. The number of hydrogen-bond donors (Lipinski definition) is 1. The van der Waals surface area contributed by atoms with E-state index in [1.165, 1.54) is 12.1 Å². The number of hydrogen-bond acceptors (Lipinski definition) is 7. The van der Waals surface area contributed by atoms with E-state index in [0.29, 0.717) is 18.8 Å². The van der Waals surface area contributed by atoms with Crippen molar-refractivity contribution in [1.29, 1.82) is 0 Å². The molecular formula is C24H34N2O7. The molecule has 2 unspecified atom stereocenters. The molecule has 182 valence electrons. The van der Waals surface area contributed by atoms with Crippen molar-refractivity contribution >= 4 is 23.8 Å². The zero-order valence-electron chi connectivity index (χ0n) is 19.6. The summed E-state index contributed by atoms with van der Waals surface area (Å²) in [6.45, 7) is 5.97. The normalized spacial score (nSPS) is 17.7. The van der Waals surface area contributed by atoms with E-state index in [1.54, 1.807) is 19.1 Å². The molecule has 0 aromatic heterocycles. The number of esters is 2. The van der Waals surface area contributed by atoms with Crippen molar-refractivity contribution in [3.05, 3.63) is 29.8 Å². The van der Waals surface area contributed by atoms with Gasteiger partial charge in [0.1, 0.15) is 5.75 Å². The summed E-state index contributed by atoms with van der Waals surface area (Å²) < 4.78 is 15.4. The molecule has 0 bridgehead atoms. The van der Waals surface area contributed by atoms with E-state index in [0.717, 1.165) is 19.3 Å². The van der Waals surface area contributed by atoms with Crippen molar-refractivity contribution in [2.45, 2.75) is 65.0 Å². The van der Waals surface area contributed by atoms with E-state index in [4.69, 9.17) is 14.2 Å². The van der Waals surface area contributed by atoms with Crippen LogP contribution in [0.5, 0.6) is 5.75 Å². The van der Waals surface area contributed by atoms with Crippen LogP contribution in [0.1, 0.15) is 63.2 Å². The molecule has 1 fully saturated rings. The van der Waals surface area contributed by atoms with Crippen molar-refractivity contribution in [3.63, 3.8) is 0 Å². The number of benzene rings is 1. The first-order valence-electron chi connectivity index (χ1n) is 11.4. The predicted octanol–water partition coefficient (Wildman–Crippen LogP) is 2.47. The maximum absolute atomic E-state index is 12.5. The Morgan fingerprint density at radius 1 is 1.00 bits per heavy atom. The number of likely N-dealkylation sites (tertiary alicyclic amines) is 1. The van der Waals surface area contributed by atoms with Crippen LogP contribution < -0.4 is 10.1 Å². The molecule has 1 aromatic rings. The smallest absolute Gasteiger partial charge is 0.338 e. The van der Waals surface area contributed by atoms with E-state index in [-0.39, 0.29) is 49.1 Å². The molecule has 33 heavy (non-hydrogen) atoms. The van der Waals surface area contributed by atoms with Crippen molar-refractivity contribution < 1.29 is 33.4 Å². The molecule has 0 saturated carbocycles. The highest BCUT2D eigenvalue weighted by molar-refractivity contribution is 5.91. The van der Waals surface area contributed by atoms with Gasteiger partial charge in [0.15, 0.2) is 13.2 Å². The summed E-state index contributed by atoms with van der Waals surface area (Å²) in [6, 6.07) is 6.62. The summed E-state index contributed by atoms with van der Waals surface area (Å²) in [6.07, 6.45) is 3.78. The van der Waals surface area contributed by atoms with Gasteiger partial charge in [-0.3, -0.25) is 14.4 Å². The Kier molecular flexibility index (Phi) is 10.7. The number of carbonyl (C=O) groups is 4. The molecule has 1 aliphatic rings. The van der Waals surface area contributed by atoms with Crippen LogP contribution in [0.25, 0.3) is 0 Å². The van der Waals surface area contributed by atoms with Crippen molar-refractivity contribution in [2.75, 3.05) is 26.4 Å². The highest BCUT2D eigenvalue weighted by Gasteiger charge is 2.29. The van der Waals surface area contributed by atoms with Crippen LogP contribution in [0.4, 0.5) is 0 Å². The lowest BCUT2D eigenvalue weighted by atomic mass is 9.97. The Hall–Kier alpha value is -3.10. The monoisotopic (exact) mass is 462 g/mol. The van der Waals surface area contributed by atoms with Crippen LogP contribution in [0.3, 0.4) is 0 Å². The lowest BCUT2D eigenvalue weighted by molar-refractivity contribution is -0.143. The van der Waals surface area contributed by atoms with Gasteiger partial charge in [-0.15, -0.1) is 0 Å². The second kappa shape index (κ2) is 13.4. The molecule has 0 aliphatic carbocycles. The van der Waals surface area contributed by atoms with Gasteiger partial charge in [-0.25, -0.2) is 4.79 Å². The Labute approximate surface area is 194 Å². The fraction of sp³-hybridized carbons (Fsp3) is 0.583. The average Bonchev–Trinajstić information content (AvgIpc) is 2.79. The third kappa shape index (κ3) is 8.75. The SMILES string of the molecule is CCOC(=O)CCCNC(=O)COC(=O)c1ccc(OCC(=O)N2C(C)CCCC2C)cc1. The molecule has 1 aliphatic heterocycles. The second-order valence-corrected chi connectivity index (χ2v) is 8.08. The van der Waals surface area contributed by atoms with Gasteiger partial charge in [-0.1, -0.05) is 0 Å². The molecule has 9 heteroatoms. The van der Waals surface area contributed by atoms with Gasteiger partial charge in [-0.05, 0) is 70.7 Å². The lowest BCUT2D eigenvalue weighted by Crippen LogP contribution is -2.49. The van der Waals surface area contributed by atoms with Crippen LogP contribution in [-0.4, -0.2) is 67.1 Å². The van der Waals surface area contributed by atoms with E-state index in [1.807, 2.05) is 4.90 Å². The Bertz CT molecular complexity index is 800. The number of ether oxygens (including phenoxy) is 3. The molecule has 1 N–H and O–H groups in total. The topological polar surface area (TPSA) is 111 Å². The summed E-state index contributed by atoms with van der Waals surface area (Å²) in [7, 11) is 0. The second-order valence-electron chi connectivity index (χ2n) is 8.08. The molecule has 2 rings (SSSR count). The standard InChI is InChI=1S/C24H34N2O7/c1-4-31-23(29)9-6-14-25-21(27)15-33-24(30)19-10-12-20(13-11-19)32-16-22(28)26-17(2)7-5-8-18(26)3/h10-13,17-18H,4-9,14-16H2,1-3H3,(H,25,27). The third-order valence-electron chi connectivity index (χ3n) is 5.45. The molecule has 1 saturated heterocycles. The molecule has 0 radical (unpaired) electrons. The van der Waals surface area contributed by atoms with Gasteiger partial charge in [0.05, 0.1) is 12.2 Å². The van der Waals surface area contributed by atoms with Gasteiger partial charge >= 0.3 is 11.9 Å². The minimum atomic E-state index is -0.643. The van der Waals surface area contributed by atoms with E-state index in [9.17, 15) is 19.2 Å². The first-order valence-corrected chi connectivity index (χ1v) is 11.4. The van der Waals surface area contributed by atoms with Crippen LogP contribution in [0, 0.1) is 0 Å². The van der Waals surface area contributed by atoms with Crippen LogP contribution >= 0.6 is 0 Å². The Morgan fingerprint density at radius 3 is 2.30 bits per heavy atom. The average molecular weight is 463 g/mol. The minimum Gasteiger partial charge on any atom is -0.484 e.